The predicted octanol–water partition coefficient (Wildman–Crippen LogP) is 2.50. The topological polar surface area (TPSA) is 63.1 Å². The van der Waals surface area contributed by atoms with Crippen molar-refractivity contribution in [2.75, 3.05) is 13.1 Å². The number of para-hydroxylation sites is 1. The van der Waals surface area contributed by atoms with Crippen molar-refractivity contribution in [2.45, 2.75) is 56.5 Å². The molecule has 3 aliphatic rings. The first-order chi connectivity index (χ1) is 12.8. The Kier molecular flexibility index (Phi) is 4.00. The number of amides is 1. The van der Waals surface area contributed by atoms with Gasteiger partial charge in [-0.1, -0.05) is 23.4 Å². The van der Waals surface area contributed by atoms with Gasteiger partial charge in [-0.15, -0.1) is 5.10 Å². The number of hydrogen-bond donors (Lipinski definition) is 1. The van der Waals surface area contributed by atoms with Crippen LogP contribution in [-0.4, -0.2) is 51.0 Å². The Morgan fingerprint density at radius 2 is 1.73 bits per heavy atom. The van der Waals surface area contributed by atoms with Crippen LogP contribution < -0.4 is 5.32 Å². The Morgan fingerprint density at radius 3 is 2.38 bits per heavy atom. The number of carbonyl (C=O) groups is 1. The second kappa shape index (κ2) is 6.50. The van der Waals surface area contributed by atoms with Crippen molar-refractivity contribution in [3.05, 3.63) is 41.7 Å². The lowest BCUT2D eigenvalue weighted by Crippen LogP contribution is -2.45. The minimum absolute atomic E-state index is 0.0565. The van der Waals surface area contributed by atoms with Crippen LogP contribution >= 0.6 is 0 Å². The molecule has 0 unspecified atom stereocenters. The van der Waals surface area contributed by atoms with Crippen LogP contribution in [0, 0.1) is 0 Å². The number of aromatic nitrogens is 3. The summed E-state index contributed by atoms with van der Waals surface area (Å²) < 4.78 is 1.85. The highest BCUT2D eigenvalue weighted by Gasteiger charge is 2.36. The molecule has 2 aromatic rings. The Labute approximate surface area is 153 Å². The highest BCUT2D eigenvalue weighted by molar-refractivity contribution is 5.94. The van der Waals surface area contributed by atoms with Crippen molar-refractivity contribution in [1.82, 2.24) is 25.2 Å². The van der Waals surface area contributed by atoms with E-state index in [4.69, 9.17) is 0 Å². The molecule has 1 amide bonds. The Morgan fingerprint density at radius 1 is 1.00 bits per heavy atom. The summed E-state index contributed by atoms with van der Waals surface area (Å²) in [6.07, 6.45) is 7.00. The third kappa shape index (κ3) is 3.14. The van der Waals surface area contributed by atoms with Crippen LogP contribution in [0.2, 0.25) is 0 Å². The smallest absolute Gasteiger partial charge is 0.274 e. The molecule has 6 nitrogen and oxygen atoms in total. The maximum absolute atomic E-state index is 12.9. The molecule has 2 aliphatic carbocycles. The van der Waals surface area contributed by atoms with Gasteiger partial charge in [0.15, 0.2) is 5.69 Å². The van der Waals surface area contributed by atoms with Crippen molar-refractivity contribution >= 4 is 5.91 Å². The van der Waals surface area contributed by atoms with Crippen molar-refractivity contribution in [1.29, 1.82) is 0 Å². The number of carbonyl (C=O) groups excluding carboxylic acids is 1. The maximum atomic E-state index is 12.9. The van der Waals surface area contributed by atoms with E-state index in [1.807, 2.05) is 35.0 Å². The third-order valence-corrected chi connectivity index (χ3v) is 5.81. The summed E-state index contributed by atoms with van der Waals surface area (Å²) in [5.41, 5.74) is 2.46. The fourth-order valence-electron chi connectivity index (χ4n) is 4.04. The molecule has 1 aromatic carbocycles. The van der Waals surface area contributed by atoms with Gasteiger partial charge < -0.3 is 10.2 Å². The van der Waals surface area contributed by atoms with Gasteiger partial charge in [-0.2, -0.15) is 0 Å². The maximum Gasteiger partial charge on any atom is 0.274 e. The van der Waals surface area contributed by atoms with Crippen LogP contribution in [0.5, 0.6) is 0 Å². The molecule has 2 saturated carbocycles. The molecule has 5 rings (SSSR count). The Bertz CT molecular complexity index is 786. The number of rotatable bonds is 5. The standard InChI is InChI=1S/C20H25N5O/c26-20(21-15-10-12-24(13-11-15)16-8-9-16)18-19(14-6-7-14)25(23-22-18)17-4-2-1-3-5-17/h1-5,14-16H,6-13H2,(H,21,26). The van der Waals surface area contributed by atoms with Gasteiger partial charge in [0.25, 0.3) is 5.91 Å². The van der Waals surface area contributed by atoms with Gasteiger partial charge in [-0.3, -0.25) is 4.79 Å². The SMILES string of the molecule is O=C(NC1CCN(C2CC2)CC1)c1nnn(-c2ccccc2)c1C1CC1. The molecule has 6 heteroatoms. The minimum Gasteiger partial charge on any atom is -0.348 e. The van der Waals surface area contributed by atoms with E-state index in [0.29, 0.717) is 11.6 Å². The molecule has 26 heavy (non-hydrogen) atoms. The van der Waals surface area contributed by atoms with Crippen LogP contribution in [0.15, 0.2) is 30.3 Å². The third-order valence-electron chi connectivity index (χ3n) is 5.81. The molecule has 0 radical (unpaired) electrons. The highest BCUT2D eigenvalue weighted by atomic mass is 16.2. The zero-order valence-electron chi connectivity index (χ0n) is 15.0. The average Bonchev–Trinajstić information content (AvgIpc) is 3.61. The van der Waals surface area contributed by atoms with Crippen LogP contribution in [0.1, 0.15) is 60.6 Å². The highest BCUT2D eigenvalue weighted by Crippen LogP contribution is 2.42. The van der Waals surface area contributed by atoms with E-state index in [1.165, 1.54) is 12.8 Å². The lowest BCUT2D eigenvalue weighted by molar-refractivity contribution is 0.0903. The van der Waals surface area contributed by atoms with E-state index >= 15 is 0 Å². The van der Waals surface area contributed by atoms with Gasteiger partial charge in [0.05, 0.1) is 11.4 Å². The molecule has 2 heterocycles. The summed E-state index contributed by atoms with van der Waals surface area (Å²) in [6, 6.07) is 11.1. The number of nitrogens with one attached hydrogen (secondary N) is 1. The van der Waals surface area contributed by atoms with Crippen molar-refractivity contribution < 1.29 is 4.79 Å². The largest absolute Gasteiger partial charge is 0.348 e. The molecule has 1 saturated heterocycles. The van der Waals surface area contributed by atoms with E-state index in [1.54, 1.807) is 0 Å². The lowest BCUT2D eigenvalue weighted by atomic mass is 10.0. The van der Waals surface area contributed by atoms with Crippen LogP contribution in [0.3, 0.4) is 0 Å². The Balaban J connectivity index is 1.32. The van der Waals surface area contributed by atoms with Gasteiger partial charge in [-0.25, -0.2) is 4.68 Å². The first-order valence-electron chi connectivity index (χ1n) is 9.85. The van der Waals surface area contributed by atoms with Gasteiger partial charge >= 0.3 is 0 Å². The summed E-state index contributed by atoms with van der Waals surface area (Å²) in [7, 11) is 0. The first-order valence-corrected chi connectivity index (χ1v) is 9.85. The number of piperidine rings is 1. The first kappa shape index (κ1) is 16.0. The molecule has 0 atom stereocenters. The summed E-state index contributed by atoms with van der Waals surface area (Å²) in [5, 5.41) is 11.8. The molecular formula is C20H25N5O. The monoisotopic (exact) mass is 351 g/mol. The molecule has 136 valence electrons. The number of nitrogens with zero attached hydrogens (tertiary/aromatic N) is 4. The fraction of sp³-hybridized carbons (Fsp3) is 0.550. The second-order valence-electron chi connectivity index (χ2n) is 7.86. The molecule has 0 spiro atoms. The van der Waals surface area contributed by atoms with E-state index in [2.05, 4.69) is 20.5 Å². The second-order valence-corrected chi connectivity index (χ2v) is 7.86. The number of likely N-dealkylation sites (tertiary alicyclic amines) is 1. The summed E-state index contributed by atoms with van der Waals surface area (Å²) in [5.74, 6) is 0.349. The van der Waals surface area contributed by atoms with E-state index in [0.717, 1.165) is 56.2 Å². The molecule has 1 aromatic heterocycles. The summed E-state index contributed by atoms with van der Waals surface area (Å²) in [4.78, 5) is 15.5. The van der Waals surface area contributed by atoms with Crippen LogP contribution in [-0.2, 0) is 0 Å². The zero-order chi connectivity index (χ0) is 17.5. The average molecular weight is 351 g/mol. The van der Waals surface area contributed by atoms with Crippen molar-refractivity contribution in [3.63, 3.8) is 0 Å². The predicted molar refractivity (Wildman–Crippen MR) is 98.4 cm³/mol. The molecule has 1 aliphatic heterocycles. The van der Waals surface area contributed by atoms with E-state index in [9.17, 15) is 4.79 Å². The van der Waals surface area contributed by atoms with Crippen LogP contribution in [0.25, 0.3) is 5.69 Å². The van der Waals surface area contributed by atoms with E-state index < -0.39 is 0 Å². The van der Waals surface area contributed by atoms with E-state index in [-0.39, 0.29) is 11.9 Å². The van der Waals surface area contributed by atoms with Crippen LogP contribution in [0.4, 0.5) is 0 Å². The number of benzene rings is 1. The van der Waals surface area contributed by atoms with Crippen molar-refractivity contribution in [3.8, 4) is 5.69 Å². The van der Waals surface area contributed by atoms with Crippen molar-refractivity contribution in [2.24, 2.45) is 0 Å². The molecule has 1 N–H and O–H groups in total. The number of hydrogen-bond acceptors (Lipinski definition) is 4. The lowest BCUT2D eigenvalue weighted by Gasteiger charge is -2.32. The minimum atomic E-state index is -0.0565. The quantitative estimate of drug-likeness (QED) is 0.899. The fourth-order valence-corrected chi connectivity index (χ4v) is 4.04. The molecule has 0 bridgehead atoms. The normalized spacial score (nSPS) is 21.7. The zero-order valence-corrected chi connectivity index (χ0v) is 15.0. The Hall–Kier alpha value is -2.21. The summed E-state index contributed by atoms with van der Waals surface area (Å²) >= 11 is 0. The van der Waals surface area contributed by atoms with Gasteiger partial charge in [0.1, 0.15) is 0 Å². The molecular weight excluding hydrogens is 326 g/mol. The van der Waals surface area contributed by atoms with Gasteiger partial charge in [0.2, 0.25) is 0 Å². The summed E-state index contributed by atoms with van der Waals surface area (Å²) in [6.45, 7) is 2.20. The molecule has 3 fully saturated rings. The van der Waals surface area contributed by atoms with Gasteiger partial charge in [0, 0.05) is 31.1 Å². The van der Waals surface area contributed by atoms with Gasteiger partial charge in [-0.05, 0) is 50.7 Å².